The number of carboxylic acid groups (broad SMARTS) is 2. The molecule has 0 unspecified atom stereocenters. The van der Waals surface area contributed by atoms with Crippen LogP contribution in [0.25, 0.3) is 0 Å². The Kier molecular flexibility index (Phi) is 5.45. The van der Waals surface area contributed by atoms with Crippen molar-refractivity contribution in [1.82, 2.24) is 0 Å². The Bertz CT molecular complexity index is 309. The quantitative estimate of drug-likeness (QED) is 0.548. The van der Waals surface area contributed by atoms with Gasteiger partial charge in [0.2, 0.25) is 0 Å². The van der Waals surface area contributed by atoms with Crippen LogP contribution >= 0.6 is 0 Å². The Labute approximate surface area is 103 Å². The number of hydrogen-bond acceptors (Lipinski definition) is 2. The minimum absolute atomic E-state index is 0. The molecule has 0 aliphatic carbocycles. The molecule has 1 aromatic rings. The predicted octanol–water partition coefficient (Wildman–Crippen LogP) is 0.291. The molecule has 0 aliphatic rings. The van der Waals surface area contributed by atoms with E-state index in [9.17, 15) is 9.59 Å². The van der Waals surface area contributed by atoms with Crippen LogP contribution in [0.3, 0.4) is 0 Å². The van der Waals surface area contributed by atoms with E-state index in [-0.39, 0.29) is 35.1 Å². The van der Waals surface area contributed by atoms with Crippen molar-refractivity contribution in [3.8, 4) is 0 Å². The first-order valence-electron chi connectivity index (χ1n) is 3.63. The van der Waals surface area contributed by atoms with Crippen molar-refractivity contribution < 1.29 is 19.8 Å². The van der Waals surface area contributed by atoms with Gasteiger partial charge in [-0.05, 0) is 5.56 Å². The van der Waals surface area contributed by atoms with Crippen LogP contribution in [0.4, 0.5) is 0 Å². The van der Waals surface area contributed by atoms with Gasteiger partial charge in [-0.25, -0.2) is 0 Å². The van der Waals surface area contributed by atoms with Crippen LogP contribution in [0, 0.1) is 0 Å². The van der Waals surface area contributed by atoms with E-state index in [1.165, 1.54) is 12.1 Å². The van der Waals surface area contributed by atoms with Crippen LogP contribution in [0.5, 0.6) is 0 Å². The molecule has 0 atom stereocenters. The summed E-state index contributed by atoms with van der Waals surface area (Å²) in [4.78, 5) is 21.1. The molecule has 0 saturated carbocycles. The molecular weight excluding hydrogens is 195 g/mol. The van der Waals surface area contributed by atoms with Crippen LogP contribution in [-0.2, 0) is 9.59 Å². The third-order valence-corrected chi connectivity index (χ3v) is 1.63. The Balaban J connectivity index is 0.00000169. The second-order valence-electron chi connectivity index (χ2n) is 2.52. The molecule has 0 fully saturated rings. The number of carboxylic acids is 2. The average molecular weight is 204 g/mol. The Hall–Kier alpha value is -0.840. The van der Waals surface area contributed by atoms with E-state index in [4.69, 9.17) is 10.2 Å². The van der Waals surface area contributed by atoms with Crippen molar-refractivity contribution >= 4 is 41.5 Å². The number of rotatable bonds is 3. The molecule has 0 saturated heterocycles. The summed E-state index contributed by atoms with van der Waals surface area (Å²) in [6.45, 7) is 0. The van der Waals surface area contributed by atoms with Crippen LogP contribution in [-0.4, -0.2) is 51.7 Å². The molecule has 4 nitrogen and oxygen atoms in total. The standard InChI is InChI=1S/C9H8O4.Na.H/c10-8(11)7(9(12)13)6-4-2-1-3-5-6;;/h1-5,7H,(H,10,11)(H,12,13);;. The molecule has 5 heteroatoms. The summed E-state index contributed by atoms with van der Waals surface area (Å²) >= 11 is 0. The van der Waals surface area contributed by atoms with E-state index >= 15 is 0 Å². The van der Waals surface area contributed by atoms with E-state index in [1.807, 2.05) is 0 Å². The zero-order valence-electron chi connectivity index (χ0n) is 6.68. The number of benzene rings is 1. The molecule has 70 valence electrons. The zero-order valence-corrected chi connectivity index (χ0v) is 6.68. The first-order chi connectivity index (χ1) is 6.13. The molecule has 1 rings (SSSR count). The Morgan fingerprint density at radius 1 is 1.00 bits per heavy atom. The Morgan fingerprint density at radius 2 is 1.43 bits per heavy atom. The second kappa shape index (κ2) is 5.80. The van der Waals surface area contributed by atoms with Gasteiger partial charge in [0.15, 0.2) is 5.92 Å². The fraction of sp³-hybridized carbons (Fsp3) is 0.111. The van der Waals surface area contributed by atoms with Gasteiger partial charge in [0.05, 0.1) is 0 Å². The van der Waals surface area contributed by atoms with Gasteiger partial charge in [0, 0.05) is 0 Å². The normalized spacial score (nSPS) is 9.21. The first kappa shape index (κ1) is 13.2. The predicted molar refractivity (Wildman–Crippen MR) is 51.6 cm³/mol. The summed E-state index contributed by atoms with van der Waals surface area (Å²) in [6, 6.07) is 7.87. The van der Waals surface area contributed by atoms with Crippen molar-refractivity contribution in [3.05, 3.63) is 35.9 Å². The van der Waals surface area contributed by atoms with Gasteiger partial charge in [-0.1, -0.05) is 30.3 Å². The summed E-state index contributed by atoms with van der Waals surface area (Å²) in [5.74, 6) is -4.17. The van der Waals surface area contributed by atoms with Crippen molar-refractivity contribution in [2.75, 3.05) is 0 Å². The molecule has 0 radical (unpaired) electrons. The maximum atomic E-state index is 10.6. The van der Waals surface area contributed by atoms with Crippen LogP contribution < -0.4 is 0 Å². The fourth-order valence-electron chi connectivity index (χ4n) is 1.04. The minimum atomic E-state index is -1.47. The topological polar surface area (TPSA) is 74.6 Å². The van der Waals surface area contributed by atoms with Crippen LogP contribution in [0.1, 0.15) is 11.5 Å². The third kappa shape index (κ3) is 3.14. The SMILES string of the molecule is O=C(O)C(C(=O)O)c1ccccc1.[NaH]. The molecule has 1 aromatic carbocycles. The van der Waals surface area contributed by atoms with Gasteiger partial charge in [-0.2, -0.15) is 0 Å². The van der Waals surface area contributed by atoms with Crippen LogP contribution in [0.15, 0.2) is 30.3 Å². The van der Waals surface area contributed by atoms with Gasteiger partial charge < -0.3 is 10.2 Å². The summed E-state index contributed by atoms with van der Waals surface area (Å²) in [5.41, 5.74) is 0.280. The average Bonchev–Trinajstić information content (AvgIpc) is 2.04. The van der Waals surface area contributed by atoms with Gasteiger partial charge in [0.1, 0.15) is 0 Å². The van der Waals surface area contributed by atoms with Crippen molar-refractivity contribution in [1.29, 1.82) is 0 Å². The van der Waals surface area contributed by atoms with E-state index in [1.54, 1.807) is 18.2 Å². The van der Waals surface area contributed by atoms with E-state index < -0.39 is 17.9 Å². The van der Waals surface area contributed by atoms with E-state index in [2.05, 4.69) is 0 Å². The van der Waals surface area contributed by atoms with Crippen molar-refractivity contribution in [3.63, 3.8) is 0 Å². The third-order valence-electron chi connectivity index (χ3n) is 1.63. The molecular formula is C9H9NaO4. The monoisotopic (exact) mass is 204 g/mol. The summed E-state index contributed by atoms with van der Waals surface area (Å²) in [7, 11) is 0. The fourth-order valence-corrected chi connectivity index (χ4v) is 1.04. The molecule has 0 aromatic heterocycles. The number of hydrogen-bond donors (Lipinski definition) is 2. The maximum absolute atomic E-state index is 10.6. The molecule has 0 heterocycles. The van der Waals surface area contributed by atoms with Gasteiger partial charge in [-0.3, -0.25) is 9.59 Å². The molecule has 0 aliphatic heterocycles. The van der Waals surface area contributed by atoms with E-state index in [0.29, 0.717) is 0 Å². The Morgan fingerprint density at radius 3 is 1.79 bits per heavy atom. The summed E-state index contributed by atoms with van der Waals surface area (Å²) in [6.07, 6.45) is 0. The summed E-state index contributed by atoms with van der Waals surface area (Å²) < 4.78 is 0. The van der Waals surface area contributed by atoms with Gasteiger partial charge in [0.25, 0.3) is 0 Å². The van der Waals surface area contributed by atoms with Crippen LogP contribution in [0.2, 0.25) is 0 Å². The first-order valence-corrected chi connectivity index (χ1v) is 3.63. The molecule has 14 heavy (non-hydrogen) atoms. The van der Waals surface area contributed by atoms with Crippen molar-refractivity contribution in [2.45, 2.75) is 5.92 Å². The van der Waals surface area contributed by atoms with Gasteiger partial charge in [-0.15, -0.1) is 0 Å². The number of aliphatic carboxylic acids is 2. The second-order valence-corrected chi connectivity index (χ2v) is 2.52. The molecule has 0 amide bonds. The molecule has 2 N–H and O–H groups in total. The summed E-state index contributed by atoms with van der Waals surface area (Å²) in [5, 5.41) is 17.2. The van der Waals surface area contributed by atoms with E-state index in [0.717, 1.165) is 0 Å². The number of carbonyl (C=O) groups is 2. The zero-order chi connectivity index (χ0) is 9.84. The molecule has 0 spiro atoms. The van der Waals surface area contributed by atoms with Gasteiger partial charge >= 0.3 is 41.5 Å². The molecule has 0 bridgehead atoms. The van der Waals surface area contributed by atoms with Crippen molar-refractivity contribution in [2.24, 2.45) is 0 Å².